The van der Waals surface area contributed by atoms with Gasteiger partial charge in [-0.1, -0.05) is 49.4 Å². The molecule has 0 saturated carbocycles. The first-order valence-electron chi connectivity index (χ1n) is 9.17. The average molecular weight is 358 g/mol. The third kappa shape index (κ3) is 2.93. The molecule has 2 aromatic heterocycles. The predicted octanol–water partition coefficient (Wildman–Crippen LogP) is 3.98. The number of rotatable bonds is 5. The van der Waals surface area contributed by atoms with E-state index in [0.29, 0.717) is 11.9 Å². The van der Waals surface area contributed by atoms with Gasteiger partial charge in [0.1, 0.15) is 5.75 Å². The molecule has 0 aliphatic rings. The van der Waals surface area contributed by atoms with Crippen molar-refractivity contribution in [2.45, 2.75) is 26.2 Å². The van der Waals surface area contributed by atoms with Crippen molar-refractivity contribution in [2.75, 3.05) is 0 Å². The largest absolute Gasteiger partial charge is 0.506 e. The van der Waals surface area contributed by atoms with E-state index in [1.807, 2.05) is 28.8 Å². The highest BCUT2D eigenvalue weighted by Gasteiger charge is 2.21. The van der Waals surface area contributed by atoms with Gasteiger partial charge in [0.05, 0.1) is 11.9 Å². The number of amides is 1. The molecule has 4 heteroatoms. The molecule has 0 spiro atoms. The zero-order valence-corrected chi connectivity index (χ0v) is 15.3. The Hall–Kier alpha value is -3.27. The fraction of sp³-hybridized carbons (Fsp3) is 0.174. The van der Waals surface area contributed by atoms with Gasteiger partial charge in [0.2, 0.25) is 5.91 Å². The van der Waals surface area contributed by atoms with E-state index in [4.69, 9.17) is 5.73 Å². The predicted molar refractivity (Wildman–Crippen MR) is 108 cm³/mol. The van der Waals surface area contributed by atoms with Gasteiger partial charge in [-0.05, 0) is 46.0 Å². The maximum absolute atomic E-state index is 11.7. The van der Waals surface area contributed by atoms with Crippen molar-refractivity contribution >= 4 is 22.2 Å². The topological polar surface area (TPSA) is 67.7 Å². The maximum Gasteiger partial charge on any atom is 0.221 e. The van der Waals surface area contributed by atoms with Crippen LogP contribution >= 0.6 is 0 Å². The summed E-state index contributed by atoms with van der Waals surface area (Å²) in [5, 5.41) is 12.9. The lowest BCUT2D eigenvalue weighted by Crippen LogP contribution is -2.14. The van der Waals surface area contributed by atoms with Gasteiger partial charge >= 0.3 is 0 Å². The third-order valence-corrected chi connectivity index (χ3v) is 5.20. The molecule has 0 aliphatic carbocycles. The number of nitrogens with two attached hydrogens (primary N) is 1. The highest BCUT2D eigenvalue weighted by Crippen LogP contribution is 2.33. The van der Waals surface area contributed by atoms with Crippen molar-refractivity contribution in [3.63, 3.8) is 0 Å². The van der Waals surface area contributed by atoms with E-state index in [0.717, 1.165) is 23.2 Å². The van der Waals surface area contributed by atoms with Crippen molar-refractivity contribution in [3.05, 3.63) is 83.2 Å². The highest BCUT2D eigenvalue weighted by molar-refractivity contribution is 5.86. The van der Waals surface area contributed by atoms with Crippen LogP contribution in [0.1, 0.15) is 29.3 Å². The van der Waals surface area contributed by atoms with Gasteiger partial charge in [-0.3, -0.25) is 4.79 Å². The molecule has 4 rings (SSSR count). The molecule has 0 radical (unpaired) electrons. The summed E-state index contributed by atoms with van der Waals surface area (Å²) in [6, 6.07) is 18.1. The number of primary amides is 1. The first-order chi connectivity index (χ1) is 13.1. The fourth-order valence-electron chi connectivity index (χ4n) is 4.09. The number of nitrogens with zero attached hydrogens (tertiary/aromatic N) is 1. The summed E-state index contributed by atoms with van der Waals surface area (Å²) in [7, 11) is 0. The molecule has 1 amide bonds. The average Bonchev–Trinajstić information content (AvgIpc) is 2.95. The standard InChI is InChI=1S/C23H22N2O2/c1-2-17-19(14-22(24)27)23-21(26)11-6-12-25(23)20(17)13-16-9-5-8-15-7-3-4-10-18(15)16/h3-12,26H,2,13-14H2,1H3,(H2,24,27). The van der Waals surface area contributed by atoms with E-state index in [1.54, 1.807) is 6.07 Å². The maximum atomic E-state index is 11.7. The lowest BCUT2D eigenvalue weighted by Gasteiger charge is -2.10. The molecular weight excluding hydrogens is 336 g/mol. The SMILES string of the molecule is CCc1c(CC(N)=O)c2c(O)cccn2c1Cc1cccc2ccccc12. The molecule has 4 aromatic rings. The van der Waals surface area contributed by atoms with Crippen LogP contribution in [-0.4, -0.2) is 15.4 Å². The van der Waals surface area contributed by atoms with Crippen molar-refractivity contribution < 1.29 is 9.90 Å². The lowest BCUT2D eigenvalue weighted by molar-refractivity contribution is -0.117. The quantitative estimate of drug-likeness (QED) is 0.567. The van der Waals surface area contributed by atoms with E-state index in [9.17, 15) is 9.90 Å². The number of hydrogen-bond acceptors (Lipinski definition) is 2. The van der Waals surface area contributed by atoms with Crippen molar-refractivity contribution in [2.24, 2.45) is 5.73 Å². The van der Waals surface area contributed by atoms with Crippen LogP contribution < -0.4 is 5.73 Å². The van der Waals surface area contributed by atoms with Gasteiger partial charge in [0.15, 0.2) is 0 Å². The Morgan fingerprint density at radius 3 is 2.59 bits per heavy atom. The first kappa shape index (κ1) is 17.2. The number of aromatic hydroxyl groups is 1. The van der Waals surface area contributed by atoms with Gasteiger partial charge in [-0.25, -0.2) is 0 Å². The normalized spacial score (nSPS) is 11.3. The Kier molecular flexibility index (Phi) is 4.32. The molecule has 0 bridgehead atoms. The molecule has 0 aliphatic heterocycles. The van der Waals surface area contributed by atoms with Gasteiger partial charge in [0.25, 0.3) is 0 Å². The second kappa shape index (κ2) is 6.80. The fourth-order valence-corrected chi connectivity index (χ4v) is 4.09. The summed E-state index contributed by atoms with van der Waals surface area (Å²) in [5.41, 5.74) is 10.4. The zero-order valence-electron chi connectivity index (χ0n) is 15.3. The Morgan fingerprint density at radius 2 is 1.81 bits per heavy atom. The van der Waals surface area contributed by atoms with Crippen LogP contribution in [0.25, 0.3) is 16.3 Å². The molecule has 2 heterocycles. The molecule has 0 saturated heterocycles. The second-order valence-corrected chi connectivity index (χ2v) is 6.83. The lowest BCUT2D eigenvalue weighted by atomic mass is 9.97. The van der Waals surface area contributed by atoms with E-state index >= 15 is 0 Å². The summed E-state index contributed by atoms with van der Waals surface area (Å²) in [6.45, 7) is 2.07. The summed E-state index contributed by atoms with van der Waals surface area (Å²) in [4.78, 5) is 11.7. The number of benzene rings is 2. The number of carbonyl (C=O) groups is 1. The first-order valence-corrected chi connectivity index (χ1v) is 9.17. The number of fused-ring (bicyclic) bond motifs is 2. The monoisotopic (exact) mass is 358 g/mol. The van der Waals surface area contributed by atoms with E-state index in [1.165, 1.54) is 16.3 Å². The molecule has 27 heavy (non-hydrogen) atoms. The summed E-state index contributed by atoms with van der Waals surface area (Å²) >= 11 is 0. The minimum absolute atomic E-state index is 0.125. The molecule has 136 valence electrons. The van der Waals surface area contributed by atoms with Gasteiger partial charge < -0.3 is 15.2 Å². The minimum Gasteiger partial charge on any atom is -0.506 e. The second-order valence-electron chi connectivity index (χ2n) is 6.83. The van der Waals surface area contributed by atoms with E-state index < -0.39 is 5.91 Å². The molecule has 3 N–H and O–H groups in total. The Bertz CT molecular complexity index is 1150. The van der Waals surface area contributed by atoms with Crippen LogP contribution in [0.15, 0.2) is 60.8 Å². The Morgan fingerprint density at radius 1 is 1.04 bits per heavy atom. The highest BCUT2D eigenvalue weighted by atomic mass is 16.3. The van der Waals surface area contributed by atoms with Crippen LogP contribution in [0.3, 0.4) is 0 Å². The smallest absolute Gasteiger partial charge is 0.221 e. The van der Waals surface area contributed by atoms with Gasteiger partial charge in [-0.15, -0.1) is 0 Å². The van der Waals surface area contributed by atoms with Crippen molar-refractivity contribution in [1.82, 2.24) is 4.40 Å². The summed E-state index contributed by atoms with van der Waals surface area (Å²) in [6.07, 6.45) is 3.55. The summed E-state index contributed by atoms with van der Waals surface area (Å²) in [5.74, 6) is -0.218. The van der Waals surface area contributed by atoms with Crippen molar-refractivity contribution in [1.29, 1.82) is 0 Å². The van der Waals surface area contributed by atoms with Gasteiger partial charge in [0, 0.05) is 18.3 Å². The Labute approximate surface area is 157 Å². The zero-order chi connectivity index (χ0) is 19.0. The molecule has 2 aromatic carbocycles. The molecule has 0 fully saturated rings. The van der Waals surface area contributed by atoms with Gasteiger partial charge in [-0.2, -0.15) is 0 Å². The third-order valence-electron chi connectivity index (χ3n) is 5.20. The number of carbonyl (C=O) groups excluding carboxylic acids is 1. The Balaban J connectivity index is 1.96. The van der Waals surface area contributed by atoms with Crippen LogP contribution in [0.5, 0.6) is 5.75 Å². The van der Waals surface area contributed by atoms with Crippen molar-refractivity contribution in [3.8, 4) is 5.75 Å². The van der Waals surface area contributed by atoms with Crippen LogP contribution in [0.2, 0.25) is 0 Å². The number of hydrogen-bond donors (Lipinski definition) is 2. The molecule has 0 unspecified atom stereocenters. The molecular formula is C23H22N2O2. The number of aromatic nitrogens is 1. The molecule has 0 atom stereocenters. The molecule has 4 nitrogen and oxygen atoms in total. The van der Waals surface area contributed by atoms with Crippen LogP contribution in [-0.2, 0) is 24.1 Å². The number of pyridine rings is 1. The van der Waals surface area contributed by atoms with Crippen LogP contribution in [0, 0.1) is 0 Å². The van der Waals surface area contributed by atoms with E-state index in [-0.39, 0.29) is 12.2 Å². The van der Waals surface area contributed by atoms with Crippen LogP contribution in [0.4, 0.5) is 0 Å². The van der Waals surface area contributed by atoms with E-state index in [2.05, 4.69) is 37.3 Å². The minimum atomic E-state index is -0.392. The summed E-state index contributed by atoms with van der Waals surface area (Å²) < 4.78 is 2.01.